The zero-order valence-corrected chi connectivity index (χ0v) is 11.3. The molecule has 1 unspecified atom stereocenters. The predicted octanol–water partition coefficient (Wildman–Crippen LogP) is 2.51. The van der Waals surface area contributed by atoms with Crippen molar-refractivity contribution in [1.82, 2.24) is 5.43 Å². The van der Waals surface area contributed by atoms with Crippen molar-refractivity contribution in [1.29, 1.82) is 0 Å². The van der Waals surface area contributed by atoms with Crippen LogP contribution in [0.1, 0.15) is 32.8 Å². The summed E-state index contributed by atoms with van der Waals surface area (Å²) in [5.74, 6) is 6.50. The van der Waals surface area contributed by atoms with Gasteiger partial charge in [-0.15, -0.1) is 0 Å². The van der Waals surface area contributed by atoms with E-state index in [2.05, 4.69) is 38.3 Å². The molecule has 96 valence electrons. The van der Waals surface area contributed by atoms with Crippen LogP contribution < -0.4 is 16.0 Å². The van der Waals surface area contributed by atoms with Gasteiger partial charge in [-0.05, 0) is 36.0 Å². The minimum absolute atomic E-state index is 0.182. The number of nitrogens with one attached hydrogen (secondary N) is 1. The summed E-state index contributed by atoms with van der Waals surface area (Å²) in [6, 6.07) is 8.53. The highest BCUT2D eigenvalue weighted by Crippen LogP contribution is 2.23. The van der Waals surface area contributed by atoms with Gasteiger partial charge in [0.05, 0.1) is 7.11 Å². The second-order valence-corrected chi connectivity index (χ2v) is 5.47. The van der Waals surface area contributed by atoms with Gasteiger partial charge < -0.3 is 4.74 Å². The topological polar surface area (TPSA) is 47.3 Å². The van der Waals surface area contributed by atoms with Gasteiger partial charge in [0.15, 0.2) is 0 Å². The van der Waals surface area contributed by atoms with E-state index in [1.54, 1.807) is 7.11 Å². The highest BCUT2D eigenvalue weighted by molar-refractivity contribution is 5.27. The SMILES string of the molecule is COc1ccc(CCC(NN)C(C)(C)C)cc1. The van der Waals surface area contributed by atoms with Crippen LogP contribution in [0.15, 0.2) is 24.3 Å². The number of ether oxygens (including phenoxy) is 1. The minimum atomic E-state index is 0.182. The lowest BCUT2D eigenvalue weighted by Gasteiger charge is -2.30. The molecule has 1 aromatic carbocycles. The Labute approximate surface area is 104 Å². The van der Waals surface area contributed by atoms with Gasteiger partial charge in [-0.25, -0.2) is 0 Å². The maximum atomic E-state index is 5.60. The Bertz CT molecular complexity index is 327. The molecule has 0 aliphatic carbocycles. The van der Waals surface area contributed by atoms with E-state index in [1.807, 2.05) is 12.1 Å². The van der Waals surface area contributed by atoms with Crippen LogP contribution in [0.2, 0.25) is 0 Å². The van der Waals surface area contributed by atoms with Gasteiger partial charge in [0.25, 0.3) is 0 Å². The van der Waals surface area contributed by atoms with Gasteiger partial charge in [0.2, 0.25) is 0 Å². The van der Waals surface area contributed by atoms with E-state index in [0.29, 0.717) is 6.04 Å². The first-order chi connectivity index (χ1) is 7.97. The van der Waals surface area contributed by atoms with Gasteiger partial charge in [-0.2, -0.15) is 0 Å². The first kappa shape index (κ1) is 14.0. The third kappa shape index (κ3) is 4.36. The Morgan fingerprint density at radius 1 is 1.24 bits per heavy atom. The number of benzene rings is 1. The van der Waals surface area contributed by atoms with Crippen LogP contribution in [-0.4, -0.2) is 13.2 Å². The molecule has 3 heteroatoms. The first-order valence-electron chi connectivity index (χ1n) is 6.06. The van der Waals surface area contributed by atoms with Crippen molar-refractivity contribution in [2.24, 2.45) is 11.3 Å². The summed E-state index contributed by atoms with van der Waals surface area (Å²) in [6.07, 6.45) is 2.06. The highest BCUT2D eigenvalue weighted by Gasteiger charge is 2.22. The lowest BCUT2D eigenvalue weighted by molar-refractivity contribution is 0.257. The van der Waals surface area contributed by atoms with E-state index in [9.17, 15) is 0 Å². The van der Waals surface area contributed by atoms with Crippen molar-refractivity contribution >= 4 is 0 Å². The fourth-order valence-electron chi connectivity index (χ4n) is 1.87. The molecule has 0 saturated heterocycles. The second kappa shape index (κ2) is 6.03. The monoisotopic (exact) mass is 236 g/mol. The Kier molecular flexibility index (Phi) is 4.97. The first-order valence-corrected chi connectivity index (χ1v) is 6.06. The summed E-state index contributed by atoms with van der Waals surface area (Å²) in [7, 11) is 1.68. The van der Waals surface area contributed by atoms with Gasteiger partial charge in [-0.3, -0.25) is 11.3 Å². The maximum Gasteiger partial charge on any atom is 0.118 e. The van der Waals surface area contributed by atoms with E-state index in [-0.39, 0.29) is 5.41 Å². The lowest BCUT2D eigenvalue weighted by Crippen LogP contribution is -2.44. The van der Waals surface area contributed by atoms with Crippen molar-refractivity contribution in [3.63, 3.8) is 0 Å². The molecule has 1 atom stereocenters. The fraction of sp³-hybridized carbons (Fsp3) is 0.571. The molecule has 0 fully saturated rings. The lowest BCUT2D eigenvalue weighted by atomic mass is 9.84. The molecule has 17 heavy (non-hydrogen) atoms. The maximum absolute atomic E-state index is 5.60. The number of nitrogens with two attached hydrogens (primary N) is 1. The molecular weight excluding hydrogens is 212 g/mol. The number of rotatable bonds is 5. The van der Waals surface area contributed by atoms with E-state index in [1.165, 1.54) is 5.56 Å². The summed E-state index contributed by atoms with van der Waals surface area (Å²) in [5.41, 5.74) is 4.41. The predicted molar refractivity (Wildman–Crippen MR) is 71.9 cm³/mol. The molecule has 0 amide bonds. The zero-order chi connectivity index (χ0) is 12.9. The summed E-state index contributed by atoms with van der Waals surface area (Å²) in [6.45, 7) is 6.60. The highest BCUT2D eigenvalue weighted by atomic mass is 16.5. The average molecular weight is 236 g/mol. The average Bonchev–Trinajstić information content (AvgIpc) is 2.29. The van der Waals surface area contributed by atoms with Gasteiger partial charge in [0.1, 0.15) is 5.75 Å². The van der Waals surface area contributed by atoms with Crippen molar-refractivity contribution in [2.45, 2.75) is 39.7 Å². The Morgan fingerprint density at radius 2 is 1.82 bits per heavy atom. The molecular formula is C14H24N2O. The van der Waals surface area contributed by atoms with Crippen LogP contribution in [-0.2, 0) is 6.42 Å². The van der Waals surface area contributed by atoms with Crippen LogP contribution in [0.5, 0.6) is 5.75 Å². The molecule has 0 spiro atoms. The molecule has 3 N–H and O–H groups in total. The Hall–Kier alpha value is -1.06. The van der Waals surface area contributed by atoms with E-state index >= 15 is 0 Å². The standard InChI is InChI=1S/C14H24N2O/c1-14(2,3)13(16-15)10-7-11-5-8-12(17-4)9-6-11/h5-6,8-9,13,16H,7,10,15H2,1-4H3. The van der Waals surface area contributed by atoms with Gasteiger partial charge in [0, 0.05) is 6.04 Å². The molecule has 0 bridgehead atoms. The van der Waals surface area contributed by atoms with Crippen LogP contribution >= 0.6 is 0 Å². The van der Waals surface area contributed by atoms with Gasteiger partial charge >= 0.3 is 0 Å². The van der Waals surface area contributed by atoms with Crippen molar-refractivity contribution in [2.75, 3.05) is 7.11 Å². The summed E-state index contributed by atoms with van der Waals surface area (Å²) >= 11 is 0. The van der Waals surface area contributed by atoms with Crippen molar-refractivity contribution in [3.05, 3.63) is 29.8 Å². The Morgan fingerprint density at radius 3 is 2.24 bits per heavy atom. The number of hydrogen-bond acceptors (Lipinski definition) is 3. The molecule has 0 heterocycles. The van der Waals surface area contributed by atoms with Crippen LogP contribution in [0.25, 0.3) is 0 Å². The molecule has 1 aromatic rings. The summed E-state index contributed by atoms with van der Waals surface area (Å²) in [4.78, 5) is 0. The van der Waals surface area contributed by atoms with Crippen LogP contribution in [0, 0.1) is 5.41 Å². The molecule has 0 aliphatic rings. The quantitative estimate of drug-likeness (QED) is 0.610. The number of aryl methyl sites for hydroxylation is 1. The summed E-state index contributed by atoms with van der Waals surface area (Å²) < 4.78 is 5.14. The van der Waals surface area contributed by atoms with Crippen LogP contribution in [0.3, 0.4) is 0 Å². The molecule has 0 radical (unpaired) electrons. The second-order valence-electron chi connectivity index (χ2n) is 5.47. The third-order valence-electron chi connectivity index (χ3n) is 3.13. The van der Waals surface area contributed by atoms with Gasteiger partial charge in [-0.1, -0.05) is 32.9 Å². The van der Waals surface area contributed by atoms with E-state index < -0.39 is 0 Å². The number of hydrogen-bond donors (Lipinski definition) is 2. The smallest absolute Gasteiger partial charge is 0.118 e. The normalized spacial score (nSPS) is 13.5. The third-order valence-corrected chi connectivity index (χ3v) is 3.13. The molecule has 1 rings (SSSR count). The molecule has 0 aliphatic heterocycles. The molecule has 0 aromatic heterocycles. The van der Waals surface area contributed by atoms with Crippen molar-refractivity contribution < 1.29 is 4.74 Å². The largest absolute Gasteiger partial charge is 0.497 e. The number of hydrazine groups is 1. The van der Waals surface area contributed by atoms with Crippen LogP contribution in [0.4, 0.5) is 0 Å². The Balaban J connectivity index is 2.54. The zero-order valence-electron chi connectivity index (χ0n) is 11.3. The molecule has 0 saturated carbocycles. The summed E-state index contributed by atoms with van der Waals surface area (Å²) in [5, 5.41) is 0. The van der Waals surface area contributed by atoms with E-state index in [4.69, 9.17) is 10.6 Å². The minimum Gasteiger partial charge on any atom is -0.497 e. The molecule has 3 nitrogen and oxygen atoms in total. The van der Waals surface area contributed by atoms with E-state index in [0.717, 1.165) is 18.6 Å². The van der Waals surface area contributed by atoms with Crippen molar-refractivity contribution in [3.8, 4) is 5.75 Å². The fourth-order valence-corrected chi connectivity index (χ4v) is 1.87. The number of methoxy groups -OCH3 is 1.